The first-order valence-corrected chi connectivity index (χ1v) is 8.87. The lowest BCUT2D eigenvalue weighted by atomic mass is 10.1. The second kappa shape index (κ2) is 8.97. The quantitative estimate of drug-likeness (QED) is 0.298. The first-order valence-electron chi connectivity index (χ1n) is 8.49. The molecule has 28 heavy (non-hydrogen) atoms. The molecule has 0 spiro atoms. The van der Waals surface area contributed by atoms with Gasteiger partial charge in [0.05, 0.1) is 11.8 Å². The molecule has 0 aromatic heterocycles. The zero-order valence-electron chi connectivity index (χ0n) is 15.1. The van der Waals surface area contributed by atoms with E-state index in [1.165, 1.54) is 6.21 Å². The number of halogens is 1. The van der Waals surface area contributed by atoms with Gasteiger partial charge in [-0.05, 0) is 61.0 Å². The summed E-state index contributed by atoms with van der Waals surface area (Å²) < 4.78 is 5.36. The summed E-state index contributed by atoms with van der Waals surface area (Å²) in [5.41, 5.74) is 5.07. The van der Waals surface area contributed by atoms with Gasteiger partial charge in [0.2, 0.25) is 0 Å². The van der Waals surface area contributed by atoms with E-state index in [2.05, 4.69) is 10.5 Å². The minimum atomic E-state index is -0.487. The van der Waals surface area contributed by atoms with E-state index in [4.69, 9.17) is 16.3 Å². The summed E-state index contributed by atoms with van der Waals surface area (Å²) in [5, 5.41) is 4.50. The number of nitrogens with one attached hydrogen (secondary N) is 1. The largest absolute Gasteiger partial charge is 0.423 e. The van der Waals surface area contributed by atoms with Crippen molar-refractivity contribution >= 4 is 29.7 Å². The second-order valence-electron chi connectivity index (χ2n) is 6.04. The Balaban J connectivity index is 1.62. The molecule has 0 saturated heterocycles. The normalized spacial score (nSPS) is 10.6. The van der Waals surface area contributed by atoms with Crippen LogP contribution in [-0.4, -0.2) is 18.1 Å². The molecule has 6 heteroatoms. The molecule has 0 bridgehead atoms. The fraction of sp³-hybridized carbons (Fsp3) is 0.0455. The number of esters is 1. The SMILES string of the molecule is Cc1cccc(C(=O)NN=Cc2cccc(OC(=O)c3ccc(Cl)cc3)c2)c1. The molecule has 0 heterocycles. The number of ether oxygens (including phenoxy) is 1. The van der Waals surface area contributed by atoms with Crippen LogP contribution in [-0.2, 0) is 0 Å². The molecule has 5 nitrogen and oxygen atoms in total. The number of nitrogens with zero attached hydrogens (tertiary/aromatic N) is 1. The van der Waals surface area contributed by atoms with E-state index in [1.807, 2.05) is 19.1 Å². The summed E-state index contributed by atoms with van der Waals surface area (Å²) in [6.45, 7) is 1.91. The lowest BCUT2D eigenvalue weighted by Gasteiger charge is -2.05. The molecule has 3 rings (SSSR count). The van der Waals surface area contributed by atoms with Crippen LogP contribution in [0.5, 0.6) is 5.75 Å². The number of rotatable bonds is 5. The molecule has 1 N–H and O–H groups in total. The third-order valence-electron chi connectivity index (χ3n) is 3.81. The predicted octanol–water partition coefficient (Wildman–Crippen LogP) is 4.63. The van der Waals surface area contributed by atoms with Crippen LogP contribution >= 0.6 is 11.6 Å². The molecular weight excluding hydrogens is 376 g/mol. The molecule has 3 aromatic carbocycles. The van der Waals surface area contributed by atoms with Crippen LogP contribution in [0.3, 0.4) is 0 Å². The van der Waals surface area contributed by atoms with Crippen LogP contribution in [0, 0.1) is 6.92 Å². The van der Waals surface area contributed by atoms with Crippen LogP contribution in [0.4, 0.5) is 0 Å². The molecule has 0 aliphatic carbocycles. The number of hydrazone groups is 1. The molecule has 0 aliphatic heterocycles. The summed E-state index contributed by atoms with van der Waals surface area (Å²) in [6, 6.07) is 20.5. The molecule has 0 fully saturated rings. The Bertz CT molecular complexity index is 1030. The summed E-state index contributed by atoms with van der Waals surface area (Å²) in [7, 11) is 0. The van der Waals surface area contributed by atoms with Crippen molar-refractivity contribution in [2.24, 2.45) is 5.10 Å². The Kier molecular flexibility index (Phi) is 6.19. The Labute approximate surface area is 167 Å². The predicted molar refractivity (Wildman–Crippen MR) is 109 cm³/mol. The van der Waals surface area contributed by atoms with Gasteiger partial charge in [0.25, 0.3) is 5.91 Å². The number of carbonyl (C=O) groups is 2. The number of amides is 1. The summed E-state index contributed by atoms with van der Waals surface area (Å²) in [4.78, 5) is 24.2. The van der Waals surface area contributed by atoms with Gasteiger partial charge in [-0.15, -0.1) is 0 Å². The highest BCUT2D eigenvalue weighted by Crippen LogP contribution is 2.16. The average molecular weight is 393 g/mol. The van der Waals surface area contributed by atoms with E-state index in [0.717, 1.165) is 5.56 Å². The fourth-order valence-electron chi connectivity index (χ4n) is 2.43. The number of hydrogen-bond donors (Lipinski definition) is 1. The van der Waals surface area contributed by atoms with E-state index in [0.29, 0.717) is 27.5 Å². The number of carbonyl (C=O) groups excluding carboxylic acids is 2. The van der Waals surface area contributed by atoms with E-state index in [9.17, 15) is 9.59 Å². The lowest BCUT2D eigenvalue weighted by Crippen LogP contribution is -2.17. The molecule has 0 unspecified atom stereocenters. The maximum absolute atomic E-state index is 12.2. The molecule has 1 amide bonds. The first kappa shape index (κ1) is 19.3. The molecule has 0 atom stereocenters. The summed E-state index contributed by atoms with van der Waals surface area (Å²) in [6.07, 6.45) is 1.48. The van der Waals surface area contributed by atoms with Crippen LogP contribution in [0.1, 0.15) is 31.8 Å². The molecule has 0 aliphatic rings. The monoisotopic (exact) mass is 392 g/mol. The fourth-order valence-corrected chi connectivity index (χ4v) is 2.55. The highest BCUT2D eigenvalue weighted by molar-refractivity contribution is 6.30. The Morgan fingerprint density at radius 1 is 0.964 bits per heavy atom. The molecule has 0 saturated carbocycles. The van der Waals surface area contributed by atoms with Gasteiger partial charge in [0, 0.05) is 10.6 Å². The first-order chi connectivity index (χ1) is 13.5. The molecule has 140 valence electrons. The van der Waals surface area contributed by atoms with Crippen LogP contribution in [0.2, 0.25) is 5.02 Å². The summed E-state index contributed by atoms with van der Waals surface area (Å²) in [5.74, 6) is -0.419. The van der Waals surface area contributed by atoms with E-state index >= 15 is 0 Å². The highest BCUT2D eigenvalue weighted by Gasteiger charge is 2.08. The Morgan fingerprint density at radius 2 is 1.71 bits per heavy atom. The van der Waals surface area contributed by atoms with Gasteiger partial charge in [0.1, 0.15) is 5.75 Å². The van der Waals surface area contributed by atoms with Crippen LogP contribution in [0.15, 0.2) is 77.9 Å². The highest BCUT2D eigenvalue weighted by atomic mass is 35.5. The average Bonchev–Trinajstić information content (AvgIpc) is 2.68. The molecular formula is C22H17ClN2O3. The Morgan fingerprint density at radius 3 is 2.46 bits per heavy atom. The van der Waals surface area contributed by atoms with Gasteiger partial charge in [-0.3, -0.25) is 4.79 Å². The van der Waals surface area contributed by atoms with Crippen molar-refractivity contribution in [1.29, 1.82) is 0 Å². The second-order valence-corrected chi connectivity index (χ2v) is 6.47. The zero-order chi connectivity index (χ0) is 19.9. The van der Waals surface area contributed by atoms with Crippen molar-refractivity contribution in [3.05, 3.63) is 100 Å². The molecule has 0 radical (unpaired) electrons. The van der Waals surface area contributed by atoms with Crippen LogP contribution in [0.25, 0.3) is 0 Å². The topological polar surface area (TPSA) is 67.8 Å². The van der Waals surface area contributed by atoms with Gasteiger partial charge in [-0.1, -0.05) is 41.4 Å². The van der Waals surface area contributed by atoms with E-state index < -0.39 is 5.97 Å². The van der Waals surface area contributed by atoms with Gasteiger partial charge in [-0.2, -0.15) is 5.10 Å². The smallest absolute Gasteiger partial charge is 0.343 e. The van der Waals surface area contributed by atoms with Crippen molar-refractivity contribution in [1.82, 2.24) is 5.43 Å². The van der Waals surface area contributed by atoms with Gasteiger partial charge < -0.3 is 4.74 Å². The minimum Gasteiger partial charge on any atom is -0.423 e. The van der Waals surface area contributed by atoms with Crippen molar-refractivity contribution in [3.63, 3.8) is 0 Å². The third-order valence-corrected chi connectivity index (χ3v) is 4.06. The van der Waals surface area contributed by atoms with Gasteiger partial charge in [0.15, 0.2) is 0 Å². The van der Waals surface area contributed by atoms with Crippen molar-refractivity contribution in [2.75, 3.05) is 0 Å². The number of aryl methyl sites for hydroxylation is 1. The van der Waals surface area contributed by atoms with Gasteiger partial charge >= 0.3 is 5.97 Å². The van der Waals surface area contributed by atoms with E-state index in [-0.39, 0.29) is 5.91 Å². The van der Waals surface area contributed by atoms with Gasteiger partial charge in [-0.25, -0.2) is 10.2 Å². The maximum Gasteiger partial charge on any atom is 0.343 e. The standard InChI is InChI=1S/C22H17ClN2O3/c1-15-4-2-6-18(12-15)21(26)25-24-14-16-5-3-7-20(13-16)28-22(27)17-8-10-19(23)11-9-17/h2-14H,1H3,(H,25,26). The number of hydrogen-bond acceptors (Lipinski definition) is 4. The Hall–Kier alpha value is -3.44. The third kappa shape index (κ3) is 5.28. The van der Waals surface area contributed by atoms with Crippen molar-refractivity contribution in [3.8, 4) is 5.75 Å². The maximum atomic E-state index is 12.2. The van der Waals surface area contributed by atoms with Crippen molar-refractivity contribution < 1.29 is 14.3 Å². The molecule has 3 aromatic rings. The summed E-state index contributed by atoms with van der Waals surface area (Å²) >= 11 is 5.82. The van der Waals surface area contributed by atoms with Crippen molar-refractivity contribution in [2.45, 2.75) is 6.92 Å². The lowest BCUT2D eigenvalue weighted by molar-refractivity contribution is 0.0734. The van der Waals surface area contributed by atoms with E-state index in [1.54, 1.807) is 60.7 Å². The number of benzene rings is 3. The van der Waals surface area contributed by atoms with Crippen LogP contribution < -0.4 is 10.2 Å². The minimum absolute atomic E-state index is 0.301. The zero-order valence-corrected chi connectivity index (χ0v) is 15.8.